The van der Waals surface area contributed by atoms with Crippen LogP contribution in [0.5, 0.6) is 0 Å². The first kappa shape index (κ1) is 17.2. The molecule has 21 heavy (non-hydrogen) atoms. The van der Waals surface area contributed by atoms with E-state index in [-0.39, 0.29) is 18.3 Å². The average Bonchev–Trinajstić information content (AvgIpc) is 2.36. The van der Waals surface area contributed by atoms with E-state index in [1.807, 2.05) is 13.8 Å². The summed E-state index contributed by atoms with van der Waals surface area (Å²) in [5.74, 6) is 0.325. The molecule has 3 N–H and O–H groups in total. The summed E-state index contributed by atoms with van der Waals surface area (Å²) in [6.45, 7) is 4.21. The second-order valence-corrected chi connectivity index (χ2v) is 5.19. The molecule has 0 heterocycles. The molecule has 0 aliphatic heterocycles. The molecular weight excluding hydrogens is 287 g/mol. The Labute approximate surface area is 120 Å². The maximum Gasteiger partial charge on any atom is 0.423 e. The minimum absolute atomic E-state index is 0.170. The highest BCUT2D eigenvalue weighted by molar-refractivity contribution is 5.55. The lowest BCUT2D eigenvalue weighted by atomic mass is 10.0. The van der Waals surface area contributed by atoms with Crippen LogP contribution in [0.4, 0.5) is 24.5 Å². The Morgan fingerprint density at radius 2 is 2.00 bits per heavy atom. The van der Waals surface area contributed by atoms with E-state index in [1.165, 1.54) is 6.07 Å². The standard InChI is InChI=1S/C13H18F3N3O2/c1-8(2)5-10(7-17)18-9-3-4-12(19(20)21)11(6-9)13(14,15)16/h3-4,6,8,10,18H,5,7,17H2,1-2H3. The van der Waals surface area contributed by atoms with Crippen LogP contribution >= 0.6 is 0 Å². The number of alkyl halides is 3. The molecule has 0 spiro atoms. The topological polar surface area (TPSA) is 81.2 Å². The lowest BCUT2D eigenvalue weighted by molar-refractivity contribution is -0.388. The molecule has 8 heteroatoms. The molecule has 5 nitrogen and oxygen atoms in total. The predicted octanol–water partition coefficient (Wildman–Crippen LogP) is 3.40. The van der Waals surface area contributed by atoms with Gasteiger partial charge in [-0.15, -0.1) is 0 Å². The average molecular weight is 305 g/mol. The van der Waals surface area contributed by atoms with Crippen LogP contribution in [0, 0.1) is 16.0 Å². The highest BCUT2D eigenvalue weighted by Gasteiger charge is 2.38. The second-order valence-electron chi connectivity index (χ2n) is 5.19. The van der Waals surface area contributed by atoms with E-state index in [0.29, 0.717) is 12.3 Å². The van der Waals surface area contributed by atoms with E-state index in [2.05, 4.69) is 5.32 Å². The third-order valence-electron chi connectivity index (χ3n) is 2.91. The van der Waals surface area contributed by atoms with Gasteiger partial charge in [-0.1, -0.05) is 13.8 Å². The normalized spacial score (nSPS) is 13.3. The summed E-state index contributed by atoms with van der Waals surface area (Å²) in [4.78, 5) is 9.63. The molecule has 0 radical (unpaired) electrons. The number of rotatable bonds is 6. The molecule has 1 unspecified atom stereocenters. The Morgan fingerprint density at radius 3 is 2.43 bits per heavy atom. The molecule has 1 atom stereocenters. The fourth-order valence-electron chi connectivity index (χ4n) is 2.03. The fraction of sp³-hybridized carbons (Fsp3) is 0.538. The first-order valence-corrected chi connectivity index (χ1v) is 6.47. The quantitative estimate of drug-likeness (QED) is 0.623. The van der Waals surface area contributed by atoms with Gasteiger partial charge in [0.1, 0.15) is 5.56 Å². The summed E-state index contributed by atoms with van der Waals surface area (Å²) in [7, 11) is 0. The molecule has 0 saturated heterocycles. The van der Waals surface area contributed by atoms with Crippen LogP contribution in [-0.2, 0) is 6.18 Å². The van der Waals surface area contributed by atoms with E-state index in [1.54, 1.807) is 0 Å². The lowest BCUT2D eigenvalue weighted by Gasteiger charge is -2.20. The van der Waals surface area contributed by atoms with E-state index < -0.39 is 22.4 Å². The van der Waals surface area contributed by atoms with Gasteiger partial charge in [0.15, 0.2) is 0 Å². The Morgan fingerprint density at radius 1 is 1.38 bits per heavy atom. The van der Waals surface area contributed by atoms with Crippen LogP contribution in [0.25, 0.3) is 0 Å². The summed E-state index contributed by atoms with van der Waals surface area (Å²) in [6.07, 6.45) is -4.09. The smallest absolute Gasteiger partial charge is 0.381 e. The molecule has 0 amide bonds. The number of hydrogen-bond acceptors (Lipinski definition) is 4. The second kappa shape index (κ2) is 6.75. The van der Waals surface area contributed by atoms with Gasteiger partial charge in [-0.2, -0.15) is 13.2 Å². The van der Waals surface area contributed by atoms with Crippen molar-refractivity contribution in [3.05, 3.63) is 33.9 Å². The lowest BCUT2D eigenvalue weighted by Crippen LogP contribution is -2.30. The summed E-state index contributed by atoms with van der Waals surface area (Å²) < 4.78 is 38.6. The summed E-state index contributed by atoms with van der Waals surface area (Å²) >= 11 is 0. The number of halogens is 3. The molecule has 1 aromatic rings. The highest BCUT2D eigenvalue weighted by atomic mass is 19.4. The van der Waals surface area contributed by atoms with Gasteiger partial charge in [0, 0.05) is 24.3 Å². The molecule has 1 aromatic carbocycles. The van der Waals surface area contributed by atoms with E-state index >= 15 is 0 Å². The fourth-order valence-corrected chi connectivity index (χ4v) is 2.03. The first-order chi connectivity index (χ1) is 9.65. The predicted molar refractivity (Wildman–Crippen MR) is 74.0 cm³/mol. The molecule has 0 saturated carbocycles. The van der Waals surface area contributed by atoms with Gasteiger partial charge in [-0.25, -0.2) is 0 Å². The van der Waals surface area contributed by atoms with Crippen molar-refractivity contribution in [2.45, 2.75) is 32.5 Å². The maximum atomic E-state index is 12.9. The molecule has 0 aliphatic rings. The van der Waals surface area contributed by atoms with Gasteiger partial charge in [0.25, 0.3) is 5.69 Å². The van der Waals surface area contributed by atoms with Gasteiger partial charge in [0.2, 0.25) is 0 Å². The van der Waals surface area contributed by atoms with Crippen LogP contribution in [-0.4, -0.2) is 17.5 Å². The molecular formula is C13H18F3N3O2. The maximum absolute atomic E-state index is 12.9. The Bertz CT molecular complexity index is 504. The van der Waals surface area contributed by atoms with Gasteiger partial charge in [-0.3, -0.25) is 10.1 Å². The zero-order valence-electron chi connectivity index (χ0n) is 11.8. The molecule has 0 fully saturated rings. The van der Waals surface area contributed by atoms with Crippen molar-refractivity contribution in [2.24, 2.45) is 11.7 Å². The number of nitrogens with one attached hydrogen (secondary N) is 1. The van der Waals surface area contributed by atoms with Crippen LogP contribution in [0.2, 0.25) is 0 Å². The summed E-state index contributed by atoms with van der Waals surface area (Å²) in [6, 6.07) is 2.68. The van der Waals surface area contributed by atoms with Gasteiger partial charge < -0.3 is 11.1 Å². The minimum atomic E-state index is -4.78. The number of nitro groups is 1. The molecule has 118 valence electrons. The Hall–Kier alpha value is -1.83. The van der Waals surface area contributed by atoms with Gasteiger partial charge in [-0.05, 0) is 24.5 Å². The number of anilines is 1. The minimum Gasteiger partial charge on any atom is -0.381 e. The SMILES string of the molecule is CC(C)CC(CN)Nc1ccc([N+](=O)[O-])c(C(F)(F)F)c1. The molecule has 0 bridgehead atoms. The highest BCUT2D eigenvalue weighted by Crippen LogP contribution is 2.37. The van der Waals surface area contributed by atoms with E-state index in [4.69, 9.17) is 5.73 Å². The zero-order chi connectivity index (χ0) is 16.2. The number of hydrogen-bond donors (Lipinski definition) is 2. The molecule has 1 rings (SSSR count). The number of nitro benzene ring substituents is 1. The van der Waals surface area contributed by atoms with Crippen LogP contribution in [0.15, 0.2) is 18.2 Å². The van der Waals surface area contributed by atoms with E-state index in [0.717, 1.165) is 12.1 Å². The van der Waals surface area contributed by atoms with Crippen LogP contribution in [0.3, 0.4) is 0 Å². The van der Waals surface area contributed by atoms with Crippen LogP contribution < -0.4 is 11.1 Å². The van der Waals surface area contributed by atoms with Crippen molar-refractivity contribution < 1.29 is 18.1 Å². The largest absolute Gasteiger partial charge is 0.423 e. The number of benzene rings is 1. The summed E-state index contributed by atoms with van der Waals surface area (Å²) in [5.41, 5.74) is 3.53. The van der Waals surface area contributed by atoms with Crippen molar-refractivity contribution in [3.63, 3.8) is 0 Å². The van der Waals surface area contributed by atoms with Crippen molar-refractivity contribution in [2.75, 3.05) is 11.9 Å². The Balaban J connectivity index is 3.08. The van der Waals surface area contributed by atoms with Crippen molar-refractivity contribution in [3.8, 4) is 0 Å². The Kier molecular flexibility index (Phi) is 5.54. The van der Waals surface area contributed by atoms with Gasteiger partial charge >= 0.3 is 6.18 Å². The van der Waals surface area contributed by atoms with Gasteiger partial charge in [0.05, 0.1) is 4.92 Å². The number of nitrogens with zero attached hydrogens (tertiary/aromatic N) is 1. The van der Waals surface area contributed by atoms with Crippen LogP contribution in [0.1, 0.15) is 25.8 Å². The first-order valence-electron chi connectivity index (χ1n) is 6.47. The van der Waals surface area contributed by atoms with Crippen molar-refractivity contribution in [1.82, 2.24) is 0 Å². The van der Waals surface area contributed by atoms with Crippen molar-refractivity contribution in [1.29, 1.82) is 0 Å². The molecule has 0 aliphatic carbocycles. The zero-order valence-corrected chi connectivity index (χ0v) is 11.8. The summed E-state index contributed by atoms with van der Waals surface area (Å²) in [5, 5.41) is 13.6. The monoisotopic (exact) mass is 305 g/mol. The van der Waals surface area contributed by atoms with Crippen molar-refractivity contribution >= 4 is 11.4 Å². The third kappa shape index (κ3) is 4.89. The van der Waals surface area contributed by atoms with E-state index in [9.17, 15) is 23.3 Å². The number of nitrogens with two attached hydrogens (primary N) is 1. The molecule has 0 aromatic heterocycles. The third-order valence-corrected chi connectivity index (χ3v) is 2.91.